The Morgan fingerprint density at radius 1 is 0.828 bits per heavy atom. The molecule has 1 fully saturated rings. The van der Waals surface area contributed by atoms with Crippen molar-refractivity contribution in [1.82, 2.24) is 0 Å². The van der Waals surface area contributed by atoms with E-state index in [1.165, 1.54) is 5.01 Å². The molecule has 1 saturated carbocycles. The van der Waals surface area contributed by atoms with E-state index >= 15 is 0 Å². The summed E-state index contributed by atoms with van der Waals surface area (Å²) in [7, 11) is 0. The number of nitrogens with zero attached hydrogens (tertiary/aromatic N) is 3. The summed E-state index contributed by atoms with van der Waals surface area (Å²) >= 11 is 0. The molecule has 2 aliphatic rings. The summed E-state index contributed by atoms with van der Waals surface area (Å²) in [5.41, 5.74) is 1.59. The van der Waals surface area contributed by atoms with E-state index in [4.69, 9.17) is 0 Å². The van der Waals surface area contributed by atoms with Crippen molar-refractivity contribution in [2.75, 3.05) is 5.01 Å². The van der Waals surface area contributed by atoms with Gasteiger partial charge in [0, 0.05) is 0 Å². The van der Waals surface area contributed by atoms with Gasteiger partial charge in [0.25, 0.3) is 5.91 Å². The molecule has 3 aromatic rings. The van der Waals surface area contributed by atoms with Crippen molar-refractivity contribution in [2.24, 2.45) is 16.4 Å². The number of para-hydroxylation sites is 1. The number of hydrogen-bond acceptors (Lipinski definition) is 3. The number of benzene rings is 3. The first kappa shape index (κ1) is 17.4. The number of carbonyl (C=O) groups excluding carboxylic acids is 1. The molecule has 5 rings (SSSR count). The highest BCUT2D eigenvalue weighted by Gasteiger charge is 2.86. The second-order valence-electron chi connectivity index (χ2n) is 7.55. The average molecular weight is 377 g/mol. The lowest BCUT2D eigenvalue weighted by atomic mass is 9.78. The minimum atomic E-state index is -1.000. The van der Waals surface area contributed by atoms with Gasteiger partial charge in [0.1, 0.15) is 5.41 Å². The van der Waals surface area contributed by atoms with Gasteiger partial charge in [0.15, 0.2) is 0 Å². The van der Waals surface area contributed by atoms with Crippen LogP contribution in [0.15, 0.2) is 96.1 Å². The van der Waals surface area contributed by atoms with E-state index in [-0.39, 0.29) is 5.91 Å². The number of hydrazone groups is 1. The summed E-state index contributed by atoms with van der Waals surface area (Å²) in [5, 5.41) is 16.3. The van der Waals surface area contributed by atoms with E-state index in [0.29, 0.717) is 11.4 Å². The predicted octanol–water partition coefficient (Wildman–Crippen LogP) is 4.54. The molecule has 0 radical (unpaired) electrons. The van der Waals surface area contributed by atoms with Crippen LogP contribution in [-0.2, 0) is 10.2 Å². The summed E-state index contributed by atoms with van der Waals surface area (Å²) in [6, 6.07) is 31.7. The Bertz CT molecular complexity index is 1110. The van der Waals surface area contributed by atoms with E-state index in [2.05, 4.69) is 11.2 Å². The van der Waals surface area contributed by atoms with Gasteiger partial charge in [0.2, 0.25) is 0 Å². The molecule has 0 saturated heterocycles. The highest BCUT2D eigenvalue weighted by atomic mass is 16.2. The summed E-state index contributed by atoms with van der Waals surface area (Å²) in [6.45, 7) is 1.87. The zero-order valence-electron chi connectivity index (χ0n) is 16.0. The zero-order valence-corrected chi connectivity index (χ0v) is 16.0. The van der Waals surface area contributed by atoms with E-state index in [1.807, 2.05) is 97.9 Å². The number of amides is 1. The van der Waals surface area contributed by atoms with Gasteiger partial charge in [-0.05, 0) is 30.2 Å². The van der Waals surface area contributed by atoms with Gasteiger partial charge in [-0.2, -0.15) is 15.4 Å². The second kappa shape index (κ2) is 6.15. The fraction of sp³-hybridized carbons (Fsp3) is 0.160. The molecule has 4 nitrogen and oxygen atoms in total. The Labute approximate surface area is 169 Å². The highest BCUT2D eigenvalue weighted by molar-refractivity contribution is 6.24. The number of hydrogen-bond donors (Lipinski definition) is 0. The number of anilines is 1. The van der Waals surface area contributed by atoms with Gasteiger partial charge >= 0.3 is 0 Å². The molecule has 1 spiro atoms. The van der Waals surface area contributed by atoms with Crippen molar-refractivity contribution in [2.45, 2.75) is 12.3 Å². The van der Waals surface area contributed by atoms with Gasteiger partial charge in [-0.3, -0.25) is 4.79 Å². The molecular formula is C25H19N3O. The number of carbonyl (C=O) groups is 1. The van der Waals surface area contributed by atoms with Gasteiger partial charge in [-0.25, -0.2) is 0 Å². The first-order valence-corrected chi connectivity index (χ1v) is 9.65. The second-order valence-corrected chi connectivity index (χ2v) is 7.55. The van der Waals surface area contributed by atoms with Gasteiger partial charge in [0.05, 0.1) is 28.8 Å². The monoisotopic (exact) mass is 377 g/mol. The lowest BCUT2D eigenvalue weighted by Gasteiger charge is -2.23. The van der Waals surface area contributed by atoms with Crippen molar-refractivity contribution in [3.8, 4) is 6.07 Å². The minimum Gasteiger partial charge on any atom is -0.271 e. The lowest BCUT2D eigenvalue weighted by Crippen LogP contribution is -2.35. The molecule has 4 heteroatoms. The minimum absolute atomic E-state index is 0.138. The summed E-state index contributed by atoms with van der Waals surface area (Å²) in [5.74, 6) is -0.662. The third kappa shape index (κ3) is 2.02. The summed E-state index contributed by atoms with van der Waals surface area (Å²) in [4.78, 5) is 13.9. The summed E-state index contributed by atoms with van der Waals surface area (Å²) in [6.07, 6.45) is 0. The van der Waals surface area contributed by atoms with Crippen molar-refractivity contribution in [1.29, 1.82) is 5.26 Å². The molecule has 1 aliphatic carbocycles. The normalized spacial score (nSPS) is 24.3. The summed E-state index contributed by atoms with van der Waals surface area (Å²) < 4.78 is 0. The molecule has 1 aliphatic heterocycles. The standard InChI is InChI=1S/C25H19N3O/c1-18-24(23(29)28(27-18)21-15-9-4-10-16-21)22(17-26)25(24,19-11-5-2-6-12-19)20-13-7-3-8-14-20/h2-16,22H,1H3. The van der Waals surface area contributed by atoms with Crippen LogP contribution < -0.4 is 5.01 Å². The maximum absolute atomic E-state index is 13.9. The number of rotatable bonds is 3. The van der Waals surface area contributed by atoms with Gasteiger partial charge in [-0.1, -0.05) is 78.9 Å². The Morgan fingerprint density at radius 2 is 1.31 bits per heavy atom. The van der Waals surface area contributed by atoms with Crippen LogP contribution in [0.5, 0.6) is 0 Å². The third-order valence-corrected chi connectivity index (χ3v) is 6.34. The molecular weight excluding hydrogens is 358 g/mol. The molecule has 0 aromatic heterocycles. The van der Waals surface area contributed by atoms with Crippen molar-refractivity contribution < 1.29 is 4.79 Å². The van der Waals surface area contributed by atoms with E-state index < -0.39 is 16.7 Å². The average Bonchev–Trinajstić information content (AvgIpc) is 3.35. The molecule has 29 heavy (non-hydrogen) atoms. The van der Waals surface area contributed by atoms with Crippen LogP contribution in [0.2, 0.25) is 0 Å². The van der Waals surface area contributed by atoms with Crippen LogP contribution in [0, 0.1) is 22.7 Å². The smallest absolute Gasteiger partial charge is 0.262 e. The molecule has 0 N–H and O–H groups in total. The van der Waals surface area contributed by atoms with E-state index in [9.17, 15) is 10.1 Å². The predicted molar refractivity (Wildman–Crippen MR) is 112 cm³/mol. The van der Waals surface area contributed by atoms with E-state index in [1.54, 1.807) is 0 Å². The van der Waals surface area contributed by atoms with Crippen LogP contribution in [0.3, 0.4) is 0 Å². The largest absolute Gasteiger partial charge is 0.271 e. The number of nitriles is 1. The van der Waals surface area contributed by atoms with Crippen LogP contribution in [-0.4, -0.2) is 11.6 Å². The Kier molecular flexibility index (Phi) is 3.69. The Hall–Kier alpha value is -3.71. The molecule has 0 bridgehead atoms. The molecule has 1 heterocycles. The SMILES string of the molecule is CC1=NN(c2ccccc2)C(=O)C12C(C#N)C2(c1ccccc1)c1ccccc1. The van der Waals surface area contributed by atoms with Crippen LogP contribution in [0.1, 0.15) is 18.1 Å². The molecule has 2 unspecified atom stereocenters. The van der Waals surface area contributed by atoms with Crippen molar-refractivity contribution in [3.05, 3.63) is 102 Å². The first-order chi connectivity index (χ1) is 14.2. The van der Waals surface area contributed by atoms with E-state index in [0.717, 1.165) is 11.1 Å². The molecule has 3 aromatic carbocycles. The highest BCUT2D eigenvalue weighted by Crippen LogP contribution is 2.75. The molecule has 1 amide bonds. The Morgan fingerprint density at radius 3 is 1.79 bits per heavy atom. The van der Waals surface area contributed by atoms with Gasteiger partial charge < -0.3 is 0 Å². The topological polar surface area (TPSA) is 56.5 Å². The maximum atomic E-state index is 13.9. The molecule has 140 valence electrons. The maximum Gasteiger partial charge on any atom is 0.262 e. The van der Waals surface area contributed by atoms with Crippen LogP contribution in [0.4, 0.5) is 5.69 Å². The fourth-order valence-electron chi connectivity index (χ4n) is 5.15. The van der Waals surface area contributed by atoms with Crippen LogP contribution in [0.25, 0.3) is 0 Å². The lowest BCUT2D eigenvalue weighted by molar-refractivity contribution is -0.121. The zero-order chi connectivity index (χ0) is 20.1. The Balaban J connectivity index is 1.76. The first-order valence-electron chi connectivity index (χ1n) is 9.65. The third-order valence-electron chi connectivity index (χ3n) is 6.34. The van der Waals surface area contributed by atoms with Gasteiger partial charge in [-0.15, -0.1) is 0 Å². The van der Waals surface area contributed by atoms with Crippen molar-refractivity contribution >= 4 is 17.3 Å². The molecule has 2 atom stereocenters. The van der Waals surface area contributed by atoms with Crippen molar-refractivity contribution in [3.63, 3.8) is 0 Å². The quantitative estimate of drug-likeness (QED) is 0.673. The van der Waals surface area contributed by atoms with Crippen LogP contribution >= 0.6 is 0 Å². The fourth-order valence-corrected chi connectivity index (χ4v) is 5.15.